The monoisotopic (exact) mass is 499 g/mol. The molecule has 0 saturated carbocycles. The summed E-state index contributed by atoms with van der Waals surface area (Å²) < 4.78 is 33.4. The van der Waals surface area contributed by atoms with E-state index in [0.29, 0.717) is 44.0 Å². The molecule has 0 aliphatic carbocycles. The number of hydrogen-bond donors (Lipinski definition) is 1. The summed E-state index contributed by atoms with van der Waals surface area (Å²) >= 11 is 0. The summed E-state index contributed by atoms with van der Waals surface area (Å²) in [7, 11) is -3.56. The van der Waals surface area contributed by atoms with Gasteiger partial charge in [0.15, 0.2) is 0 Å². The lowest BCUT2D eigenvalue weighted by Crippen LogP contribution is -2.46. The summed E-state index contributed by atoms with van der Waals surface area (Å²) in [5.41, 5.74) is 4.07. The molecule has 190 valence electrons. The second kappa shape index (κ2) is 11.2. The van der Waals surface area contributed by atoms with Crippen LogP contribution in [0.2, 0.25) is 0 Å². The van der Waals surface area contributed by atoms with Crippen LogP contribution in [-0.4, -0.2) is 69.5 Å². The minimum absolute atomic E-state index is 0.00685. The zero-order chi connectivity index (χ0) is 25.0. The second-order valence-electron chi connectivity index (χ2n) is 9.83. The summed E-state index contributed by atoms with van der Waals surface area (Å²) in [6.07, 6.45) is 1.04. The van der Waals surface area contributed by atoms with Gasteiger partial charge in [0.2, 0.25) is 15.9 Å². The van der Waals surface area contributed by atoms with E-state index in [1.54, 1.807) is 6.07 Å². The lowest BCUT2D eigenvalue weighted by Gasteiger charge is -2.34. The van der Waals surface area contributed by atoms with Gasteiger partial charge in [-0.25, -0.2) is 8.42 Å². The number of nitrogens with zero attached hydrogens (tertiary/aromatic N) is 2. The Hall–Kier alpha value is -2.26. The van der Waals surface area contributed by atoms with Gasteiger partial charge in [-0.15, -0.1) is 0 Å². The zero-order valence-electron chi connectivity index (χ0n) is 21.0. The average Bonchev–Trinajstić information content (AvgIpc) is 2.84. The summed E-state index contributed by atoms with van der Waals surface area (Å²) in [6.45, 7) is 10.4. The molecule has 1 atom stereocenters. The molecule has 1 unspecified atom stereocenters. The summed E-state index contributed by atoms with van der Waals surface area (Å²) in [4.78, 5) is 16.0. The summed E-state index contributed by atoms with van der Waals surface area (Å²) in [5.74, 6) is -0.189. The molecule has 2 heterocycles. The highest BCUT2D eigenvalue weighted by molar-refractivity contribution is 7.89. The fourth-order valence-corrected chi connectivity index (χ4v) is 6.63. The Morgan fingerprint density at radius 2 is 1.60 bits per heavy atom. The largest absolute Gasteiger partial charge is 0.379 e. The third kappa shape index (κ3) is 6.30. The SMILES string of the molecule is Cc1ccc(C(CN2CCOCC2)NC(=O)C2CCN(S(=O)(=O)c3ccc(C)cc3C)CC2)cc1. The molecule has 35 heavy (non-hydrogen) atoms. The van der Waals surface area contributed by atoms with Crippen molar-refractivity contribution in [3.8, 4) is 0 Å². The summed E-state index contributed by atoms with van der Waals surface area (Å²) in [6, 6.07) is 13.6. The van der Waals surface area contributed by atoms with Crippen LogP contribution in [0.15, 0.2) is 47.4 Å². The van der Waals surface area contributed by atoms with Crippen LogP contribution >= 0.6 is 0 Å². The minimum atomic E-state index is -3.56. The van der Waals surface area contributed by atoms with Gasteiger partial charge in [-0.05, 0) is 50.8 Å². The van der Waals surface area contributed by atoms with E-state index in [1.807, 2.05) is 26.0 Å². The number of ether oxygens (including phenoxy) is 1. The normalized spacial score (nSPS) is 19.4. The van der Waals surface area contributed by atoms with Crippen molar-refractivity contribution in [3.05, 3.63) is 64.7 Å². The Kier molecular flexibility index (Phi) is 8.27. The van der Waals surface area contributed by atoms with E-state index in [4.69, 9.17) is 4.74 Å². The second-order valence-corrected chi connectivity index (χ2v) is 11.7. The lowest BCUT2D eigenvalue weighted by molar-refractivity contribution is -0.127. The van der Waals surface area contributed by atoms with Crippen molar-refractivity contribution in [1.29, 1.82) is 0 Å². The molecule has 2 aliphatic rings. The average molecular weight is 500 g/mol. The van der Waals surface area contributed by atoms with Crippen molar-refractivity contribution in [3.63, 3.8) is 0 Å². The number of sulfonamides is 1. The molecule has 0 spiro atoms. The highest BCUT2D eigenvalue weighted by Crippen LogP contribution is 2.27. The molecular formula is C27H37N3O4S. The first-order chi connectivity index (χ1) is 16.7. The van der Waals surface area contributed by atoms with E-state index < -0.39 is 10.0 Å². The first-order valence-electron chi connectivity index (χ1n) is 12.5. The Balaban J connectivity index is 1.40. The fraction of sp³-hybridized carbons (Fsp3) is 0.519. The number of piperidine rings is 1. The highest BCUT2D eigenvalue weighted by atomic mass is 32.2. The first kappa shape index (κ1) is 25.8. The maximum absolute atomic E-state index is 13.3. The zero-order valence-corrected chi connectivity index (χ0v) is 21.8. The predicted octanol–water partition coefficient (Wildman–Crippen LogP) is 3.20. The number of rotatable bonds is 7. The van der Waals surface area contributed by atoms with E-state index in [1.165, 1.54) is 9.87 Å². The lowest BCUT2D eigenvalue weighted by atomic mass is 9.96. The maximum atomic E-state index is 13.3. The Morgan fingerprint density at radius 1 is 0.971 bits per heavy atom. The number of carbonyl (C=O) groups excluding carboxylic acids is 1. The maximum Gasteiger partial charge on any atom is 0.243 e. The first-order valence-corrected chi connectivity index (χ1v) is 13.9. The van der Waals surface area contributed by atoms with Gasteiger partial charge in [0.25, 0.3) is 0 Å². The predicted molar refractivity (Wildman–Crippen MR) is 137 cm³/mol. The Bertz CT molecular complexity index is 1120. The molecule has 7 nitrogen and oxygen atoms in total. The topological polar surface area (TPSA) is 79.0 Å². The van der Waals surface area contributed by atoms with E-state index in [-0.39, 0.29) is 17.9 Å². The number of carbonyl (C=O) groups is 1. The molecule has 0 radical (unpaired) electrons. The van der Waals surface area contributed by atoms with Crippen molar-refractivity contribution in [2.45, 2.75) is 44.6 Å². The summed E-state index contributed by atoms with van der Waals surface area (Å²) in [5, 5.41) is 3.28. The van der Waals surface area contributed by atoms with Gasteiger partial charge >= 0.3 is 0 Å². The number of morpholine rings is 1. The number of aryl methyl sites for hydroxylation is 3. The minimum Gasteiger partial charge on any atom is -0.379 e. The number of nitrogens with one attached hydrogen (secondary N) is 1. The van der Waals surface area contributed by atoms with Crippen LogP contribution in [0.3, 0.4) is 0 Å². The van der Waals surface area contributed by atoms with Crippen LogP contribution in [0.25, 0.3) is 0 Å². The van der Waals surface area contributed by atoms with Gasteiger partial charge in [0.1, 0.15) is 0 Å². The molecule has 2 saturated heterocycles. The van der Waals surface area contributed by atoms with Crippen molar-refractivity contribution in [2.75, 3.05) is 45.9 Å². The molecular weight excluding hydrogens is 462 g/mol. The third-order valence-electron chi connectivity index (χ3n) is 7.11. The quantitative estimate of drug-likeness (QED) is 0.633. The molecule has 2 aromatic rings. The van der Waals surface area contributed by atoms with Gasteiger partial charge in [-0.3, -0.25) is 9.69 Å². The smallest absolute Gasteiger partial charge is 0.243 e. The van der Waals surface area contributed by atoms with Gasteiger partial charge in [0.05, 0.1) is 24.2 Å². The molecule has 1 N–H and O–H groups in total. The van der Waals surface area contributed by atoms with E-state index in [2.05, 4.69) is 41.4 Å². The number of amides is 1. The fourth-order valence-electron chi connectivity index (χ4n) is 4.95. The van der Waals surface area contributed by atoms with Crippen LogP contribution in [0.4, 0.5) is 0 Å². The van der Waals surface area contributed by atoms with Crippen LogP contribution in [0.5, 0.6) is 0 Å². The number of hydrogen-bond acceptors (Lipinski definition) is 5. The van der Waals surface area contributed by atoms with Crippen LogP contribution in [-0.2, 0) is 19.6 Å². The highest BCUT2D eigenvalue weighted by Gasteiger charge is 2.33. The molecule has 0 bridgehead atoms. The standard InChI is InChI=1S/C27H37N3O4S/c1-20-4-7-23(8-5-20)25(19-29-14-16-34-17-15-29)28-27(31)24-10-12-30(13-11-24)35(32,33)26-9-6-21(2)18-22(26)3/h4-9,18,24-25H,10-17,19H2,1-3H3,(H,28,31). The Labute approximate surface area is 209 Å². The van der Waals surface area contributed by atoms with Crippen LogP contribution in [0.1, 0.15) is 41.1 Å². The molecule has 2 aromatic carbocycles. The molecule has 4 rings (SSSR count). The van der Waals surface area contributed by atoms with E-state index >= 15 is 0 Å². The van der Waals surface area contributed by atoms with Gasteiger partial charge in [-0.1, -0.05) is 47.5 Å². The van der Waals surface area contributed by atoms with Crippen LogP contribution < -0.4 is 5.32 Å². The van der Waals surface area contributed by atoms with Gasteiger partial charge in [0, 0.05) is 38.6 Å². The Morgan fingerprint density at radius 3 is 2.23 bits per heavy atom. The van der Waals surface area contributed by atoms with E-state index in [0.717, 1.165) is 36.3 Å². The van der Waals surface area contributed by atoms with Crippen molar-refractivity contribution >= 4 is 15.9 Å². The van der Waals surface area contributed by atoms with Gasteiger partial charge in [-0.2, -0.15) is 4.31 Å². The van der Waals surface area contributed by atoms with E-state index in [9.17, 15) is 13.2 Å². The van der Waals surface area contributed by atoms with Crippen molar-refractivity contribution < 1.29 is 17.9 Å². The third-order valence-corrected chi connectivity index (χ3v) is 9.17. The molecule has 1 amide bonds. The molecule has 8 heteroatoms. The molecule has 2 fully saturated rings. The molecule has 2 aliphatic heterocycles. The van der Waals surface area contributed by atoms with Gasteiger partial charge < -0.3 is 10.1 Å². The van der Waals surface area contributed by atoms with Crippen molar-refractivity contribution in [2.24, 2.45) is 5.92 Å². The molecule has 0 aromatic heterocycles. The van der Waals surface area contributed by atoms with Crippen LogP contribution in [0, 0.1) is 26.7 Å². The number of benzene rings is 2. The van der Waals surface area contributed by atoms with Crippen molar-refractivity contribution in [1.82, 2.24) is 14.5 Å².